The fourth-order valence-electron chi connectivity index (χ4n) is 3.63. The van der Waals surface area contributed by atoms with Crippen LogP contribution in [0.15, 0.2) is 77.6 Å². The summed E-state index contributed by atoms with van der Waals surface area (Å²) in [6.45, 7) is 1.89. The van der Waals surface area contributed by atoms with Gasteiger partial charge in [-0.2, -0.15) is 5.10 Å². The normalized spacial score (nSPS) is 11.6. The minimum absolute atomic E-state index is 0.221. The quantitative estimate of drug-likeness (QED) is 0.410. The lowest BCUT2D eigenvalue weighted by molar-refractivity contribution is -0.154. The van der Waals surface area contributed by atoms with Crippen LogP contribution in [0.1, 0.15) is 22.9 Å². The lowest BCUT2D eigenvalue weighted by atomic mass is 10.1. The van der Waals surface area contributed by atoms with Crippen molar-refractivity contribution in [1.82, 2.24) is 10.2 Å². The zero-order valence-corrected chi connectivity index (χ0v) is 18.7. The van der Waals surface area contributed by atoms with Gasteiger partial charge < -0.3 is 14.8 Å². The SMILES string of the molecule is COc1ccc(C)cc1NC(=O)C(OC(=O)Cc1n[nH]c(=O)c2ccccc12)c1ccccc1. The van der Waals surface area contributed by atoms with Gasteiger partial charge in [0.1, 0.15) is 5.75 Å². The Morgan fingerprint density at radius 3 is 2.44 bits per heavy atom. The highest BCUT2D eigenvalue weighted by molar-refractivity contribution is 5.97. The first kappa shape index (κ1) is 22.7. The summed E-state index contributed by atoms with van der Waals surface area (Å²) in [6, 6.07) is 21.0. The van der Waals surface area contributed by atoms with Gasteiger partial charge in [0.05, 0.1) is 30.3 Å². The molecule has 4 aromatic rings. The lowest BCUT2D eigenvalue weighted by Crippen LogP contribution is -2.27. The van der Waals surface area contributed by atoms with Crippen molar-refractivity contribution >= 4 is 28.3 Å². The highest BCUT2D eigenvalue weighted by Crippen LogP contribution is 2.28. The van der Waals surface area contributed by atoms with Crippen LogP contribution in [0.25, 0.3) is 10.8 Å². The maximum atomic E-state index is 13.2. The summed E-state index contributed by atoms with van der Waals surface area (Å²) < 4.78 is 11.0. The lowest BCUT2D eigenvalue weighted by Gasteiger charge is -2.19. The Morgan fingerprint density at radius 1 is 1.00 bits per heavy atom. The Hall–Kier alpha value is -4.46. The number of anilines is 1. The second-order valence-corrected chi connectivity index (χ2v) is 7.70. The highest BCUT2D eigenvalue weighted by Gasteiger charge is 2.26. The third kappa shape index (κ3) is 4.96. The van der Waals surface area contributed by atoms with Gasteiger partial charge in [-0.3, -0.25) is 14.4 Å². The smallest absolute Gasteiger partial charge is 0.313 e. The molecule has 0 aliphatic carbocycles. The van der Waals surface area contributed by atoms with Gasteiger partial charge in [-0.05, 0) is 30.7 Å². The number of benzene rings is 3. The molecular weight excluding hydrogens is 434 g/mol. The second kappa shape index (κ2) is 9.99. The van der Waals surface area contributed by atoms with E-state index in [4.69, 9.17) is 9.47 Å². The van der Waals surface area contributed by atoms with Crippen LogP contribution >= 0.6 is 0 Å². The number of aromatic amines is 1. The summed E-state index contributed by atoms with van der Waals surface area (Å²) in [4.78, 5) is 38.2. The molecule has 1 unspecified atom stereocenters. The molecule has 0 aliphatic rings. The standard InChI is InChI=1S/C26H23N3O5/c1-16-12-13-22(33-2)21(14-16)27-26(32)24(17-8-4-3-5-9-17)34-23(30)15-20-18-10-6-7-11-19(18)25(31)29-28-20/h3-14,24H,15H2,1-2H3,(H,27,32)(H,29,31). The zero-order chi connectivity index (χ0) is 24.1. The van der Waals surface area contributed by atoms with E-state index in [2.05, 4.69) is 15.5 Å². The molecule has 1 amide bonds. The fraction of sp³-hybridized carbons (Fsp3) is 0.154. The van der Waals surface area contributed by atoms with Crippen LogP contribution in [0, 0.1) is 6.92 Å². The van der Waals surface area contributed by atoms with E-state index in [-0.39, 0.29) is 12.0 Å². The molecule has 2 N–H and O–H groups in total. The minimum Gasteiger partial charge on any atom is -0.495 e. The molecule has 34 heavy (non-hydrogen) atoms. The monoisotopic (exact) mass is 457 g/mol. The Labute approximate surface area is 195 Å². The molecule has 8 heteroatoms. The molecule has 1 heterocycles. The van der Waals surface area contributed by atoms with Crippen molar-refractivity contribution in [3.05, 3.63) is 100.0 Å². The average Bonchev–Trinajstić information content (AvgIpc) is 2.85. The number of carbonyl (C=O) groups is 2. The van der Waals surface area contributed by atoms with Crippen LogP contribution in [0.3, 0.4) is 0 Å². The fourth-order valence-corrected chi connectivity index (χ4v) is 3.63. The second-order valence-electron chi connectivity index (χ2n) is 7.70. The number of aryl methyl sites for hydroxylation is 1. The number of amides is 1. The van der Waals surface area contributed by atoms with E-state index in [1.54, 1.807) is 66.7 Å². The van der Waals surface area contributed by atoms with Crippen LogP contribution in [0.4, 0.5) is 5.69 Å². The number of methoxy groups -OCH3 is 1. The van der Waals surface area contributed by atoms with Crippen molar-refractivity contribution < 1.29 is 19.1 Å². The van der Waals surface area contributed by atoms with E-state index in [0.29, 0.717) is 33.5 Å². The van der Waals surface area contributed by atoms with Crippen LogP contribution in [-0.4, -0.2) is 29.2 Å². The first-order chi connectivity index (χ1) is 16.5. The van der Waals surface area contributed by atoms with Gasteiger partial charge in [0.2, 0.25) is 6.10 Å². The van der Waals surface area contributed by atoms with E-state index >= 15 is 0 Å². The van der Waals surface area contributed by atoms with Crippen LogP contribution in [-0.2, 0) is 20.7 Å². The number of fused-ring (bicyclic) bond motifs is 1. The van der Waals surface area contributed by atoms with Crippen LogP contribution in [0.5, 0.6) is 5.75 Å². The van der Waals surface area contributed by atoms with Gasteiger partial charge in [0.25, 0.3) is 11.5 Å². The molecule has 1 atom stereocenters. The number of carbonyl (C=O) groups excluding carboxylic acids is 2. The van der Waals surface area contributed by atoms with Crippen molar-refractivity contribution in [3.63, 3.8) is 0 Å². The summed E-state index contributed by atoms with van der Waals surface area (Å²) >= 11 is 0. The predicted octanol–water partition coefficient (Wildman–Crippen LogP) is 3.71. The average molecular weight is 457 g/mol. The Bertz CT molecular complexity index is 1400. The number of aromatic nitrogens is 2. The van der Waals surface area contributed by atoms with Gasteiger partial charge in [0, 0.05) is 10.9 Å². The number of H-pyrrole nitrogens is 1. The van der Waals surface area contributed by atoms with Crippen molar-refractivity contribution in [2.45, 2.75) is 19.4 Å². The number of esters is 1. The number of nitrogens with zero attached hydrogens (tertiary/aromatic N) is 1. The van der Waals surface area contributed by atoms with Crippen LogP contribution in [0.2, 0.25) is 0 Å². The van der Waals surface area contributed by atoms with Gasteiger partial charge >= 0.3 is 5.97 Å². The van der Waals surface area contributed by atoms with Gasteiger partial charge in [-0.1, -0.05) is 54.6 Å². The van der Waals surface area contributed by atoms with Crippen LogP contribution < -0.4 is 15.6 Å². The molecule has 0 saturated carbocycles. The Morgan fingerprint density at radius 2 is 1.71 bits per heavy atom. The first-order valence-electron chi connectivity index (χ1n) is 10.6. The molecule has 0 bridgehead atoms. The number of ether oxygens (including phenoxy) is 2. The third-order valence-corrected chi connectivity index (χ3v) is 5.29. The topological polar surface area (TPSA) is 110 Å². The van der Waals surface area contributed by atoms with Gasteiger partial charge in [-0.25, -0.2) is 5.10 Å². The van der Waals surface area contributed by atoms with Crippen molar-refractivity contribution in [2.24, 2.45) is 0 Å². The Balaban J connectivity index is 1.60. The molecule has 0 aliphatic heterocycles. The first-order valence-corrected chi connectivity index (χ1v) is 10.6. The van der Waals surface area contributed by atoms with E-state index < -0.39 is 18.0 Å². The number of hydrogen-bond donors (Lipinski definition) is 2. The summed E-state index contributed by atoms with van der Waals surface area (Å²) in [5, 5.41) is 10.2. The van der Waals surface area contributed by atoms with Gasteiger partial charge in [-0.15, -0.1) is 0 Å². The number of rotatable bonds is 7. The largest absolute Gasteiger partial charge is 0.495 e. The molecule has 8 nitrogen and oxygen atoms in total. The van der Waals surface area contributed by atoms with Gasteiger partial charge in [0.15, 0.2) is 0 Å². The maximum absolute atomic E-state index is 13.2. The van der Waals surface area contributed by atoms with Crippen molar-refractivity contribution in [3.8, 4) is 5.75 Å². The van der Waals surface area contributed by atoms with E-state index in [9.17, 15) is 14.4 Å². The molecular formula is C26H23N3O5. The molecule has 3 aromatic carbocycles. The third-order valence-electron chi connectivity index (χ3n) is 5.29. The van der Waals surface area contributed by atoms with E-state index in [1.165, 1.54) is 7.11 Å². The van der Waals surface area contributed by atoms with Crippen molar-refractivity contribution in [1.29, 1.82) is 0 Å². The molecule has 0 saturated heterocycles. The predicted molar refractivity (Wildman–Crippen MR) is 128 cm³/mol. The van der Waals surface area contributed by atoms with E-state index in [1.807, 2.05) is 13.0 Å². The maximum Gasteiger partial charge on any atom is 0.313 e. The highest BCUT2D eigenvalue weighted by atomic mass is 16.5. The molecule has 172 valence electrons. The molecule has 1 aromatic heterocycles. The molecule has 0 radical (unpaired) electrons. The number of nitrogens with one attached hydrogen (secondary N) is 2. The summed E-state index contributed by atoms with van der Waals surface area (Å²) in [5.74, 6) is -0.700. The van der Waals surface area contributed by atoms with E-state index in [0.717, 1.165) is 5.56 Å². The number of hydrogen-bond acceptors (Lipinski definition) is 6. The molecule has 0 fully saturated rings. The Kier molecular flexibility index (Phi) is 6.68. The molecule has 4 rings (SSSR count). The molecule has 0 spiro atoms. The minimum atomic E-state index is -1.20. The zero-order valence-electron chi connectivity index (χ0n) is 18.7. The van der Waals surface area contributed by atoms with Crippen molar-refractivity contribution in [2.75, 3.05) is 12.4 Å². The summed E-state index contributed by atoms with van der Waals surface area (Å²) in [5.41, 5.74) is 1.92. The summed E-state index contributed by atoms with van der Waals surface area (Å²) in [7, 11) is 1.51. The summed E-state index contributed by atoms with van der Waals surface area (Å²) in [6.07, 6.45) is -1.42.